The molecule has 1 aliphatic carbocycles. The Morgan fingerprint density at radius 1 is 0.630 bits per heavy atom. The molecule has 0 heterocycles. The van der Waals surface area contributed by atoms with E-state index in [4.69, 9.17) is 16.3 Å². The Hall–Kier alpha value is -2.25. The van der Waals surface area contributed by atoms with Gasteiger partial charge in [0, 0.05) is 0 Å². The molecule has 1 saturated carbocycles. The molecule has 0 aromatic heterocycles. The van der Waals surface area contributed by atoms with Gasteiger partial charge in [0.05, 0.1) is 6.10 Å². The van der Waals surface area contributed by atoms with Gasteiger partial charge in [0.25, 0.3) is 0 Å². The van der Waals surface area contributed by atoms with Crippen LogP contribution >= 0.6 is 11.6 Å². The van der Waals surface area contributed by atoms with Gasteiger partial charge < -0.3 is 4.74 Å². The second kappa shape index (κ2) is 8.19. The fourth-order valence-corrected chi connectivity index (χ4v) is 4.35. The van der Waals surface area contributed by atoms with Crippen molar-refractivity contribution in [3.63, 3.8) is 0 Å². The van der Waals surface area contributed by atoms with Gasteiger partial charge in [0.2, 0.25) is 0 Å². The highest BCUT2D eigenvalue weighted by Gasteiger charge is 2.33. The van der Waals surface area contributed by atoms with Crippen molar-refractivity contribution >= 4 is 11.6 Å². The van der Waals surface area contributed by atoms with Crippen LogP contribution in [0, 0.1) is 0 Å². The molecule has 0 bridgehead atoms. The first-order valence-corrected chi connectivity index (χ1v) is 10.2. The molecular weight excluding hydrogens is 352 g/mol. The summed E-state index contributed by atoms with van der Waals surface area (Å²) >= 11 is 7.32. The van der Waals surface area contributed by atoms with Gasteiger partial charge in [0.1, 0.15) is 10.6 Å². The Labute approximate surface area is 167 Å². The van der Waals surface area contributed by atoms with E-state index in [1.165, 1.54) is 19.3 Å². The van der Waals surface area contributed by atoms with Gasteiger partial charge in [0.15, 0.2) is 0 Å². The Balaban J connectivity index is 1.66. The molecule has 4 rings (SSSR count). The molecule has 2 heteroatoms. The average Bonchev–Trinajstić information content (AvgIpc) is 2.76. The fraction of sp³-hybridized carbons (Fsp3) is 0.280. The van der Waals surface area contributed by atoms with Crippen LogP contribution in [-0.2, 0) is 4.87 Å². The minimum absolute atomic E-state index is 0.355. The number of hydrogen-bond donors (Lipinski definition) is 0. The Bertz CT molecular complexity index is 797. The first kappa shape index (κ1) is 18.1. The molecule has 0 saturated heterocycles. The molecule has 0 unspecified atom stereocenters. The Morgan fingerprint density at radius 2 is 1.11 bits per heavy atom. The van der Waals surface area contributed by atoms with Gasteiger partial charge in [-0.3, -0.25) is 0 Å². The highest BCUT2D eigenvalue weighted by Crippen LogP contribution is 2.43. The van der Waals surface area contributed by atoms with E-state index in [9.17, 15) is 0 Å². The van der Waals surface area contributed by atoms with Crippen molar-refractivity contribution in [2.24, 2.45) is 0 Å². The predicted molar refractivity (Wildman–Crippen MR) is 113 cm³/mol. The number of benzene rings is 3. The third kappa shape index (κ3) is 3.89. The van der Waals surface area contributed by atoms with E-state index in [0.29, 0.717) is 6.10 Å². The first-order chi connectivity index (χ1) is 13.3. The van der Waals surface area contributed by atoms with Crippen molar-refractivity contribution in [2.45, 2.75) is 43.1 Å². The van der Waals surface area contributed by atoms with E-state index in [1.54, 1.807) is 0 Å². The van der Waals surface area contributed by atoms with E-state index in [2.05, 4.69) is 48.5 Å². The molecule has 0 atom stereocenters. The lowest BCUT2D eigenvalue weighted by atomic mass is 9.84. The smallest absolute Gasteiger partial charge is 0.119 e. The summed E-state index contributed by atoms with van der Waals surface area (Å²) < 4.78 is 6.19. The summed E-state index contributed by atoms with van der Waals surface area (Å²) in [6.07, 6.45) is 6.56. The van der Waals surface area contributed by atoms with Gasteiger partial charge >= 0.3 is 0 Å². The summed E-state index contributed by atoms with van der Waals surface area (Å²) in [5.41, 5.74) is 3.19. The molecule has 0 N–H and O–H groups in total. The molecule has 0 radical (unpaired) electrons. The van der Waals surface area contributed by atoms with Gasteiger partial charge in [-0.15, -0.1) is 11.6 Å². The average molecular weight is 377 g/mol. The van der Waals surface area contributed by atoms with Crippen LogP contribution in [0.5, 0.6) is 5.75 Å². The normalized spacial score (nSPS) is 15.4. The molecule has 3 aromatic carbocycles. The van der Waals surface area contributed by atoms with Crippen molar-refractivity contribution in [3.8, 4) is 5.75 Å². The number of ether oxygens (including phenoxy) is 1. The summed E-state index contributed by atoms with van der Waals surface area (Å²) in [5, 5.41) is 0. The highest BCUT2D eigenvalue weighted by atomic mass is 35.5. The lowest BCUT2D eigenvalue weighted by Gasteiger charge is -2.29. The summed E-state index contributed by atoms with van der Waals surface area (Å²) in [4.78, 5) is -0.716. The summed E-state index contributed by atoms with van der Waals surface area (Å²) in [7, 11) is 0. The van der Waals surface area contributed by atoms with Crippen LogP contribution < -0.4 is 4.74 Å². The maximum absolute atomic E-state index is 7.32. The van der Waals surface area contributed by atoms with Crippen LogP contribution in [0.2, 0.25) is 0 Å². The predicted octanol–water partition coefficient (Wildman–Crippen LogP) is 6.93. The molecule has 0 aliphatic heterocycles. The van der Waals surface area contributed by atoms with E-state index in [-0.39, 0.29) is 0 Å². The third-order valence-electron chi connectivity index (χ3n) is 5.45. The summed E-state index contributed by atoms with van der Waals surface area (Å²) in [5.74, 6) is 0.936. The zero-order valence-corrected chi connectivity index (χ0v) is 16.2. The molecule has 1 fully saturated rings. The van der Waals surface area contributed by atoms with Crippen LogP contribution in [-0.4, -0.2) is 6.10 Å². The zero-order chi connectivity index (χ0) is 18.5. The van der Waals surface area contributed by atoms with Crippen molar-refractivity contribution in [3.05, 3.63) is 102 Å². The molecule has 0 amide bonds. The molecule has 138 valence electrons. The van der Waals surface area contributed by atoms with E-state index in [0.717, 1.165) is 35.3 Å². The van der Waals surface area contributed by atoms with E-state index >= 15 is 0 Å². The first-order valence-electron chi connectivity index (χ1n) is 9.84. The van der Waals surface area contributed by atoms with Gasteiger partial charge in [-0.25, -0.2) is 0 Å². The molecule has 1 aliphatic rings. The molecule has 1 nitrogen and oxygen atoms in total. The molecule has 27 heavy (non-hydrogen) atoms. The van der Waals surface area contributed by atoms with Gasteiger partial charge in [-0.05, 0) is 54.5 Å². The maximum atomic E-state index is 7.32. The second-order valence-corrected chi connectivity index (χ2v) is 7.86. The zero-order valence-electron chi connectivity index (χ0n) is 15.5. The SMILES string of the molecule is ClC(c1ccccc1)(c1ccccc1)c1ccc(OC2CCCCC2)cc1. The highest BCUT2D eigenvalue weighted by molar-refractivity contribution is 6.28. The molecule has 0 spiro atoms. The van der Waals surface area contributed by atoms with Crippen molar-refractivity contribution in [2.75, 3.05) is 0 Å². The molecular formula is C25H25ClO. The maximum Gasteiger partial charge on any atom is 0.119 e. The lowest BCUT2D eigenvalue weighted by molar-refractivity contribution is 0.155. The monoisotopic (exact) mass is 376 g/mol. The summed E-state index contributed by atoms with van der Waals surface area (Å²) in [6.45, 7) is 0. The second-order valence-electron chi connectivity index (χ2n) is 7.29. The minimum atomic E-state index is -0.716. The fourth-order valence-electron chi connectivity index (χ4n) is 3.97. The van der Waals surface area contributed by atoms with Crippen LogP contribution in [0.1, 0.15) is 48.8 Å². The van der Waals surface area contributed by atoms with E-state index in [1.807, 2.05) is 36.4 Å². The van der Waals surface area contributed by atoms with Crippen LogP contribution in [0.25, 0.3) is 0 Å². The number of alkyl halides is 1. The van der Waals surface area contributed by atoms with Gasteiger partial charge in [-0.2, -0.15) is 0 Å². The number of hydrogen-bond acceptors (Lipinski definition) is 1. The largest absolute Gasteiger partial charge is 0.490 e. The van der Waals surface area contributed by atoms with E-state index < -0.39 is 4.87 Å². The summed E-state index contributed by atoms with van der Waals surface area (Å²) in [6, 6.07) is 28.9. The lowest BCUT2D eigenvalue weighted by Crippen LogP contribution is -2.22. The quantitative estimate of drug-likeness (QED) is 0.346. The minimum Gasteiger partial charge on any atom is -0.490 e. The third-order valence-corrected chi connectivity index (χ3v) is 6.10. The van der Waals surface area contributed by atoms with Gasteiger partial charge in [-0.1, -0.05) is 79.2 Å². The van der Waals surface area contributed by atoms with Crippen LogP contribution in [0.4, 0.5) is 0 Å². The Morgan fingerprint density at radius 3 is 1.63 bits per heavy atom. The van der Waals surface area contributed by atoms with Crippen molar-refractivity contribution in [1.82, 2.24) is 0 Å². The van der Waals surface area contributed by atoms with Crippen LogP contribution in [0.15, 0.2) is 84.9 Å². The van der Waals surface area contributed by atoms with Crippen molar-refractivity contribution < 1.29 is 4.74 Å². The number of halogens is 1. The Kier molecular flexibility index (Phi) is 5.50. The molecule has 3 aromatic rings. The van der Waals surface area contributed by atoms with Crippen LogP contribution in [0.3, 0.4) is 0 Å². The van der Waals surface area contributed by atoms with Crippen molar-refractivity contribution in [1.29, 1.82) is 0 Å². The number of rotatable bonds is 5. The topological polar surface area (TPSA) is 9.23 Å². The standard InChI is InChI=1S/C25H25ClO/c26-25(20-10-4-1-5-11-20,21-12-6-2-7-13-21)22-16-18-24(19-17-22)27-23-14-8-3-9-15-23/h1-2,4-7,10-13,16-19,23H,3,8-9,14-15H2.